The van der Waals surface area contributed by atoms with Crippen molar-refractivity contribution >= 4 is 0 Å². The number of aromatic nitrogens is 1. The van der Waals surface area contributed by atoms with E-state index in [9.17, 15) is 13.2 Å². The first-order chi connectivity index (χ1) is 6.87. The third-order valence-electron chi connectivity index (χ3n) is 2.88. The van der Waals surface area contributed by atoms with Crippen LogP contribution in [0.3, 0.4) is 0 Å². The van der Waals surface area contributed by atoms with E-state index in [1.807, 2.05) is 13.8 Å². The quantitative estimate of drug-likeness (QED) is 0.761. The number of nitrogens with zero attached hydrogens (tertiary/aromatic N) is 1. The van der Waals surface area contributed by atoms with Crippen molar-refractivity contribution in [3.63, 3.8) is 0 Å². The van der Waals surface area contributed by atoms with Crippen LogP contribution in [0, 0.1) is 0 Å². The third-order valence-corrected chi connectivity index (χ3v) is 2.88. The van der Waals surface area contributed by atoms with Crippen LogP contribution in [0.2, 0.25) is 0 Å². The van der Waals surface area contributed by atoms with E-state index in [4.69, 9.17) is 4.52 Å². The molecule has 0 atom stereocenters. The van der Waals surface area contributed by atoms with Gasteiger partial charge < -0.3 is 4.52 Å². The summed E-state index contributed by atoms with van der Waals surface area (Å²) in [4.78, 5) is 0. The van der Waals surface area contributed by atoms with E-state index in [1.54, 1.807) is 0 Å². The van der Waals surface area contributed by atoms with Gasteiger partial charge in [0.1, 0.15) is 5.41 Å². The second-order valence-electron chi connectivity index (χ2n) is 4.35. The number of hydrogen-bond donors (Lipinski definition) is 0. The van der Waals surface area contributed by atoms with Crippen molar-refractivity contribution in [2.75, 3.05) is 0 Å². The van der Waals surface area contributed by atoms with Gasteiger partial charge in [-0.25, -0.2) is 0 Å². The van der Waals surface area contributed by atoms with Crippen molar-refractivity contribution in [2.24, 2.45) is 0 Å². The van der Waals surface area contributed by atoms with Gasteiger partial charge in [0.05, 0.1) is 5.69 Å². The first kappa shape index (κ1) is 10.5. The molecule has 0 radical (unpaired) electrons. The van der Waals surface area contributed by atoms with Crippen molar-refractivity contribution < 1.29 is 17.7 Å². The lowest BCUT2D eigenvalue weighted by atomic mass is 10.0. The van der Waals surface area contributed by atoms with Crippen LogP contribution >= 0.6 is 0 Å². The second kappa shape index (κ2) is 3.00. The summed E-state index contributed by atoms with van der Waals surface area (Å²) in [5, 5.41) is 3.66. The average Bonchev–Trinajstić information content (AvgIpc) is 2.77. The smallest absolute Gasteiger partial charge is 0.360 e. The van der Waals surface area contributed by atoms with Crippen LogP contribution in [0.1, 0.15) is 44.1 Å². The number of halogens is 3. The van der Waals surface area contributed by atoms with Crippen LogP contribution in [0.5, 0.6) is 0 Å². The summed E-state index contributed by atoms with van der Waals surface area (Å²) in [6, 6.07) is 1.44. The molecular weight excluding hydrogens is 207 g/mol. The summed E-state index contributed by atoms with van der Waals surface area (Å²) in [5.74, 6) is 0.0604. The zero-order valence-electron chi connectivity index (χ0n) is 8.56. The fourth-order valence-corrected chi connectivity index (χ4v) is 1.58. The van der Waals surface area contributed by atoms with Crippen LogP contribution in [0.4, 0.5) is 13.2 Å². The molecule has 1 aliphatic rings. The van der Waals surface area contributed by atoms with Gasteiger partial charge in [-0.2, -0.15) is 13.2 Å². The molecule has 1 aromatic heterocycles. The Morgan fingerprint density at radius 2 is 2.00 bits per heavy atom. The Morgan fingerprint density at radius 1 is 1.40 bits per heavy atom. The van der Waals surface area contributed by atoms with Gasteiger partial charge in [0.2, 0.25) is 0 Å². The number of alkyl halides is 3. The molecule has 15 heavy (non-hydrogen) atoms. The second-order valence-corrected chi connectivity index (χ2v) is 4.35. The highest BCUT2D eigenvalue weighted by Crippen LogP contribution is 2.59. The molecule has 1 aliphatic carbocycles. The zero-order chi connectivity index (χ0) is 11.3. The SMILES string of the molecule is CC(C)c1cc(C2(C(F)(F)F)CC2)on1. The highest BCUT2D eigenvalue weighted by atomic mass is 19.4. The molecule has 0 amide bonds. The first-order valence-corrected chi connectivity index (χ1v) is 4.91. The summed E-state index contributed by atoms with van der Waals surface area (Å²) in [5.41, 5.74) is -1.16. The van der Waals surface area contributed by atoms with E-state index in [1.165, 1.54) is 6.07 Å². The van der Waals surface area contributed by atoms with E-state index in [2.05, 4.69) is 5.16 Å². The van der Waals surface area contributed by atoms with Crippen molar-refractivity contribution in [3.8, 4) is 0 Å². The molecule has 0 aliphatic heterocycles. The fraction of sp³-hybridized carbons (Fsp3) is 0.700. The molecule has 1 saturated carbocycles. The van der Waals surface area contributed by atoms with Gasteiger partial charge in [-0.05, 0) is 18.8 Å². The Bertz CT molecular complexity index is 363. The van der Waals surface area contributed by atoms with E-state index in [0.717, 1.165) is 0 Å². The minimum absolute atomic E-state index is 0.0290. The van der Waals surface area contributed by atoms with Gasteiger partial charge in [0.25, 0.3) is 0 Å². The molecule has 5 heteroatoms. The van der Waals surface area contributed by atoms with E-state index in [0.29, 0.717) is 5.69 Å². The Balaban J connectivity index is 2.31. The molecule has 1 heterocycles. The minimum Gasteiger partial charge on any atom is -0.360 e. The minimum atomic E-state index is -4.22. The van der Waals surface area contributed by atoms with Gasteiger partial charge in [0, 0.05) is 6.07 Å². The number of hydrogen-bond acceptors (Lipinski definition) is 2. The lowest BCUT2D eigenvalue weighted by molar-refractivity contribution is -0.165. The summed E-state index contributed by atoms with van der Waals surface area (Å²) in [6.45, 7) is 3.74. The van der Waals surface area contributed by atoms with E-state index < -0.39 is 11.6 Å². The summed E-state index contributed by atoms with van der Waals surface area (Å²) < 4.78 is 42.9. The topological polar surface area (TPSA) is 26.0 Å². The maximum Gasteiger partial charge on any atom is 0.401 e. The van der Waals surface area contributed by atoms with E-state index in [-0.39, 0.29) is 24.5 Å². The standard InChI is InChI=1S/C10H12F3NO/c1-6(2)7-5-8(15-14-7)9(3-4-9)10(11,12)13/h5-6H,3-4H2,1-2H3. The zero-order valence-corrected chi connectivity index (χ0v) is 8.56. The molecule has 84 valence electrons. The monoisotopic (exact) mass is 219 g/mol. The third kappa shape index (κ3) is 1.54. The Morgan fingerprint density at radius 3 is 2.33 bits per heavy atom. The molecule has 1 aromatic rings. The van der Waals surface area contributed by atoms with Crippen LogP contribution in [-0.4, -0.2) is 11.3 Å². The molecule has 2 rings (SSSR count). The van der Waals surface area contributed by atoms with Gasteiger partial charge in [0.15, 0.2) is 5.76 Å². The molecule has 0 saturated heterocycles. The molecule has 2 nitrogen and oxygen atoms in total. The van der Waals surface area contributed by atoms with E-state index >= 15 is 0 Å². The van der Waals surface area contributed by atoms with Crippen LogP contribution in [-0.2, 0) is 5.41 Å². The first-order valence-electron chi connectivity index (χ1n) is 4.91. The molecule has 0 spiro atoms. The lowest BCUT2D eigenvalue weighted by Crippen LogP contribution is -2.28. The van der Waals surface area contributed by atoms with Gasteiger partial charge in [-0.3, -0.25) is 0 Å². The van der Waals surface area contributed by atoms with Crippen molar-refractivity contribution in [1.29, 1.82) is 0 Å². The van der Waals surface area contributed by atoms with Crippen LogP contribution in [0.15, 0.2) is 10.6 Å². The summed E-state index contributed by atoms with van der Waals surface area (Å²) in [6.07, 6.45) is -3.99. The Labute approximate surface area is 85.4 Å². The van der Waals surface area contributed by atoms with Crippen molar-refractivity contribution in [3.05, 3.63) is 17.5 Å². The van der Waals surface area contributed by atoms with Crippen molar-refractivity contribution in [2.45, 2.75) is 44.2 Å². The van der Waals surface area contributed by atoms with Crippen LogP contribution < -0.4 is 0 Å². The van der Waals surface area contributed by atoms with Crippen LogP contribution in [0.25, 0.3) is 0 Å². The molecule has 0 N–H and O–H groups in total. The predicted octanol–water partition coefficient (Wildman–Crippen LogP) is 3.39. The Hall–Kier alpha value is -1.00. The fourth-order valence-electron chi connectivity index (χ4n) is 1.58. The summed E-state index contributed by atoms with van der Waals surface area (Å²) in [7, 11) is 0. The molecule has 0 aromatic carbocycles. The molecule has 0 unspecified atom stereocenters. The molecular formula is C10H12F3NO. The normalized spacial score (nSPS) is 19.6. The Kier molecular flexibility index (Phi) is 2.10. The maximum absolute atomic E-state index is 12.7. The molecule has 1 fully saturated rings. The van der Waals surface area contributed by atoms with Gasteiger partial charge in [-0.15, -0.1) is 0 Å². The highest BCUT2D eigenvalue weighted by Gasteiger charge is 2.66. The van der Waals surface area contributed by atoms with Gasteiger partial charge >= 0.3 is 6.18 Å². The number of rotatable bonds is 2. The largest absolute Gasteiger partial charge is 0.401 e. The van der Waals surface area contributed by atoms with Gasteiger partial charge in [-0.1, -0.05) is 19.0 Å². The maximum atomic E-state index is 12.7. The average molecular weight is 219 g/mol. The summed E-state index contributed by atoms with van der Waals surface area (Å²) >= 11 is 0. The predicted molar refractivity (Wildman–Crippen MR) is 47.6 cm³/mol. The lowest BCUT2D eigenvalue weighted by Gasteiger charge is -2.15. The molecule has 0 bridgehead atoms. The van der Waals surface area contributed by atoms with Crippen molar-refractivity contribution in [1.82, 2.24) is 5.16 Å². The highest BCUT2D eigenvalue weighted by molar-refractivity contribution is 5.27.